The number of nitrogens with one attached hydrogen (secondary N) is 1. The first-order chi connectivity index (χ1) is 13.9. The molecular formula is C22H23N3O3S. The van der Waals surface area contributed by atoms with E-state index < -0.39 is 11.9 Å². The van der Waals surface area contributed by atoms with Gasteiger partial charge in [0.1, 0.15) is 0 Å². The fourth-order valence-corrected chi connectivity index (χ4v) is 3.54. The second-order valence-corrected chi connectivity index (χ2v) is 7.47. The molecule has 2 aromatic carbocycles. The Hall–Kier alpha value is -3.06. The van der Waals surface area contributed by atoms with Crippen LogP contribution in [0.25, 0.3) is 5.69 Å². The van der Waals surface area contributed by atoms with E-state index in [2.05, 4.69) is 10.4 Å². The van der Waals surface area contributed by atoms with Crippen molar-refractivity contribution < 1.29 is 14.3 Å². The molecule has 3 rings (SSSR count). The van der Waals surface area contributed by atoms with Gasteiger partial charge < -0.3 is 10.1 Å². The molecule has 0 saturated heterocycles. The summed E-state index contributed by atoms with van der Waals surface area (Å²) in [6.07, 6.45) is 1.88. The van der Waals surface area contributed by atoms with E-state index in [9.17, 15) is 9.59 Å². The van der Waals surface area contributed by atoms with Gasteiger partial charge in [-0.1, -0.05) is 29.8 Å². The zero-order valence-corrected chi connectivity index (χ0v) is 17.7. The van der Waals surface area contributed by atoms with Crippen molar-refractivity contribution in [2.75, 3.05) is 18.2 Å². The summed E-state index contributed by atoms with van der Waals surface area (Å²) in [4.78, 5) is 25.5. The Balaban J connectivity index is 1.68. The number of aromatic nitrogens is 2. The van der Waals surface area contributed by atoms with Gasteiger partial charge in [0.2, 0.25) is 0 Å². The van der Waals surface area contributed by atoms with Crippen molar-refractivity contribution in [1.29, 1.82) is 0 Å². The third-order valence-electron chi connectivity index (χ3n) is 4.50. The largest absolute Gasteiger partial charge is 0.452 e. The first-order valence-electron chi connectivity index (χ1n) is 9.14. The van der Waals surface area contributed by atoms with Crippen molar-refractivity contribution in [2.45, 2.75) is 25.7 Å². The van der Waals surface area contributed by atoms with Crippen LogP contribution in [0.4, 0.5) is 5.69 Å². The molecular weight excluding hydrogens is 386 g/mol. The van der Waals surface area contributed by atoms with Crippen LogP contribution in [0.1, 0.15) is 27.3 Å². The van der Waals surface area contributed by atoms with Crippen LogP contribution in [0, 0.1) is 20.8 Å². The number of anilines is 1. The monoisotopic (exact) mass is 409 g/mol. The number of benzene rings is 2. The second-order valence-electron chi connectivity index (χ2n) is 6.62. The Kier molecular flexibility index (Phi) is 6.39. The van der Waals surface area contributed by atoms with E-state index in [0.29, 0.717) is 16.9 Å². The number of amides is 1. The number of nitrogens with zero attached hydrogens (tertiary/aromatic N) is 2. The number of carbonyl (C=O) groups is 2. The topological polar surface area (TPSA) is 73.2 Å². The van der Waals surface area contributed by atoms with Gasteiger partial charge in [-0.2, -0.15) is 5.10 Å². The normalized spacial score (nSPS) is 10.6. The predicted molar refractivity (Wildman–Crippen MR) is 115 cm³/mol. The quantitative estimate of drug-likeness (QED) is 0.485. The summed E-state index contributed by atoms with van der Waals surface area (Å²) in [5.74, 6) is -0.927. The number of ether oxygens (including phenoxy) is 1. The molecule has 0 unspecified atom stereocenters. The maximum atomic E-state index is 12.4. The Morgan fingerprint density at radius 3 is 2.45 bits per heavy atom. The van der Waals surface area contributed by atoms with E-state index in [1.165, 1.54) is 11.8 Å². The molecule has 1 heterocycles. The van der Waals surface area contributed by atoms with Crippen LogP contribution in [0.3, 0.4) is 0 Å². The number of hydrogen-bond donors (Lipinski definition) is 1. The zero-order valence-electron chi connectivity index (χ0n) is 16.9. The minimum absolute atomic E-state index is 0.365. The highest BCUT2D eigenvalue weighted by Gasteiger charge is 2.17. The first-order valence-corrected chi connectivity index (χ1v) is 10.4. The average molecular weight is 410 g/mol. The van der Waals surface area contributed by atoms with Crippen LogP contribution in [-0.2, 0) is 9.53 Å². The third kappa shape index (κ3) is 4.68. The molecule has 0 spiro atoms. The molecule has 150 valence electrons. The highest BCUT2D eigenvalue weighted by molar-refractivity contribution is 7.98. The molecule has 0 aliphatic carbocycles. The molecule has 29 heavy (non-hydrogen) atoms. The van der Waals surface area contributed by atoms with Gasteiger partial charge in [0.05, 0.1) is 28.3 Å². The number of hydrogen-bond acceptors (Lipinski definition) is 5. The first kappa shape index (κ1) is 20.7. The van der Waals surface area contributed by atoms with Gasteiger partial charge in [0.25, 0.3) is 5.91 Å². The minimum Gasteiger partial charge on any atom is -0.452 e. The predicted octanol–water partition coefficient (Wildman–Crippen LogP) is 4.31. The molecule has 0 saturated carbocycles. The van der Waals surface area contributed by atoms with E-state index in [1.807, 2.05) is 63.4 Å². The number of carbonyl (C=O) groups excluding carboxylic acids is 2. The average Bonchev–Trinajstić information content (AvgIpc) is 3.00. The highest BCUT2D eigenvalue weighted by Crippen LogP contribution is 2.23. The van der Waals surface area contributed by atoms with Crippen LogP contribution in [-0.4, -0.2) is 34.5 Å². The smallest absolute Gasteiger partial charge is 0.339 e. The van der Waals surface area contributed by atoms with Crippen molar-refractivity contribution in [1.82, 2.24) is 9.78 Å². The lowest BCUT2D eigenvalue weighted by Crippen LogP contribution is -2.21. The molecule has 1 aromatic heterocycles. The molecule has 0 atom stereocenters. The van der Waals surface area contributed by atoms with Crippen molar-refractivity contribution in [2.24, 2.45) is 0 Å². The molecule has 6 nitrogen and oxygen atoms in total. The van der Waals surface area contributed by atoms with Gasteiger partial charge in [-0.15, -0.1) is 11.8 Å². The standard InChI is InChI=1S/C22H23N3O3S/c1-14-9-11-17(12-10-14)25-16(3)21(15(2)24-25)23-20(26)13-28-22(27)18-7-5-6-8-19(18)29-4/h5-12H,13H2,1-4H3,(H,23,26). The maximum absolute atomic E-state index is 12.4. The van der Waals surface area contributed by atoms with Gasteiger partial charge in [-0.3, -0.25) is 4.79 Å². The van der Waals surface area contributed by atoms with Crippen LogP contribution >= 0.6 is 11.8 Å². The SMILES string of the molecule is CSc1ccccc1C(=O)OCC(=O)Nc1c(C)nn(-c2ccc(C)cc2)c1C. The molecule has 0 bridgehead atoms. The van der Waals surface area contributed by atoms with Gasteiger partial charge in [0.15, 0.2) is 6.61 Å². The van der Waals surface area contributed by atoms with Crippen molar-refractivity contribution in [3.05, 3.63) is 71.0 Å². The summed E-state index contributed by atoms with van der Waals surface area (Å²) in [5, 5.41) is 7.33. The summed E-state index contributed by atoms with van der Waals surface area (Å²) >= 11 is 1.45. The summed E-state index contributed by atoms with van der Waals surface area (Å²) in [7, 11) is 0. The fraction of sp³-hybridized carbons (Fsp3) is 0.227. The summed E-state index contributed by atoms with van der Waals surface area (Å²) < 4.78 is 6.98. The minimum atomic E-state index is -0.520. The molecule has 0 fully saturated rings. The van der Waals surface area contributed by atoms with E-state index in [1.54, 1.807) is 16.8 Å². The van der Waals surface area contributed by atoms with Gasteiger partial charge in [-0.25, -0.2) is 9.48 Å². The van der Waals surface area contributed by atoms with Gasteiger partial charge >= 0.3 is 5.97 Å². The highest BCUT2D eigenvalue weighted by atomic mass is 32.2. The van der Waals surface area contributed by atoms with Crippen molar-refractivity contribution in [3.8, 4) is 5.69 Å². The summed E-state index contributed by atoms with van der Waals surface area (Å²) in [5.41, 5.74) is 4.64. The number of aryl methyl sites for hydroxylation is 2. The van der Waals surface area contributed by atoms with E-state index in [-0.39, 0.29) is 6.61 Å². The summed E-state index contributed by atoms with van der Waals surface area (Å²) in [6.45, 7) is 5.37. The van der Waals surface area contributed by atoms with Gasteiger partial charge in [-0.05, 0) is 51.3 Å². The Labute approximate surface area is 174 Å². The molecule has 0 aliphatic heterocycles. The number of rotatable bonds is 6. The van der Waals surface area contributed by atoms with E-state index >= 15 is 0 Å². The molecule has 7 heteroatoms. The third-order valence-corrected chi connectivity index (χ3v) is 5.29. The molecule has 1 amide bonds. The Morgan fingerprint density at radius 2 is 1.76 bits per heavy atom. The van der Waals surface area contributed by atoms with Crippen LogP contribution in [0.15, 0.2) is 53.4 Å². The lowest BCUT2D eigenvalue weighted by atomic mass is 10.2. The Bertz CT molecular complexity index is 1040. The Morgan fingerprint density at radius 1 is 1.07 bits per heavy atom. The van der Waals surface area contributed by atoms with E-state index in [4.69, 9.17) is 4.74 Å². The van der Waals surface area contributed by atoms with Crippen LogP contribution < -0.4 is 5.32 Å². The molecule has 3 aromatic rings. The maximum Gasteiger partial charge on any atom is 0.339 e. The molecule has 1 N–H and O–H groups in total. The lowest BCUT2D eigenvalue weighted by Gasteiger charge is -2.09. The molecule has 0 aliphatic rings. The number of thioether (sulfide) groups is 1. The second kappa shape index (κ2) is 8.96. The zero-order chi connectivity index (χ0) is 21.0. The van der Waals surface area contributed by atoms with Crippen LogP contribution in [0.5, 0.6) is 0 Å². The van der Waals surface area contributed by atoms with E-state index in [0.717, 1.165) is 21.8 Å². The lowest BCUT2D eigenvalue weighted by molar-refractivity contribution is -0.119. The summed E-state index contributed by atoms with van der Waals surface area (Å²) in [6, 6.07) is 15.1. The van der Waals surface area contributed by atoms with Crippen LogP contribution in [0.2, 0.25) is 0 Å². The van der Waals surface area contributed by atoms with Crippen molar-refractivity contribution in [3.63, 3.8) is 0 Å². The fourth-order valence-electron chi connectivity index (χ4n) is 2.96. The van der Waals surface area contributed by atoms with Gasteiger partial charge in [0, 0.05) is 4.90 Å². The number of esters is 1. The molecule has 0 radical (unpaired) electrons. The van der Waals surface area contributed by atoms with Crippen molar-refractivity contribution >= 4 is 29.3 Å².